The van der Waals surface area contributed by atoms with Gasteiger partial charge < -0.3 is 29.6 Å². The molecule has 0 bridgehead atoms. The van der Waals surface area contributed by atoms with Crippen molar-refractivity contribution in [3.05, 3.63) is 50.6 Å². The van der Waals surface area contributed by atoms with Crippen LogP contribution in [0.1, 0.15) is 13.8 Å². The molecule has 0 aliphatic heterocycles. The number of amides is 2. The summed E-state index contributed by atoms with van der Waals surface area (Å²) in [6.45, 7) is 15.4. The zero-order chi connectivity index (χ0) is 31.3. The Labute approximate surface area is 252 Å². The number of rotatable bonds is 20. The highest BCUT2D eigenvalue weighted by Crippen LogP contribution is 2.16. The molecule has 0 aliphatic carbocycles. The maximum atomic E-state index is 12.4. The molecule has 0 radical (unpaired) electrons. The Morgan fingerprint density at radius 2 is 0.829 bits per heavy atom. The molecule has 0 aromatic rings. The number of carbonyl (C=O) groups excluding carboxylic acids is 6. The Morgan fingerprint density at radius 3 is 1.07 bits per heavy atom. The summed E-state index contributed by atoms with van der Waals surface area (Å²) in [6, 6.07) is 0. The van der Waals surface area contributed by atoms with E-state index in [-0.39, 0.29) is 26.4 Å². The van der Waals surface area contributed by atoms with Crippen molar-refractivity contribution in [2.45, 2.75) is 24.9 Å². The predicted molar refractivity (Wildman–Crippen MR) is 161 cm³/mol. The average molecular weight is 633 g/mol. The molecule has 2 amide bonds. The molecule has 0 spiro atoms. The van der Waals surface area contributed by atoms with E-state index in [4.69, 9.17) is 18.9 Å². The summed E-state index contributed by atoms with van der Waals surface area (Å²) in [5.41, 5.74) is -2.33. The molecule has 228 valence electrons. The summed E-state index contributed by atoms with van der Waals surface area (Å²) in [7, 11) is 0. The van der Waals surface area contributed by atoms with E-state index in [1.807, 2.05) is 0 Å². The fraction of sp³-hybridized carbons (Fsp3) is 0.462. The lowest BCUT2D eigenvalue weighted by molar-refractivity contribution is -0.145. The highest BCUT2D eigenvalue weighted by atomic mass is 32.2. The molecule has 41 heavy (non-hydrogen) atoms. The first-order chi connectivity index (χ1) is 19.3. The molecule has 0 aromatic carbocycles. The Morgan fingerprint density at radius 1 is 0.561 bits per heavy atom. The Kier molecular flexibility index (Phi) is 19.1. The number of ether oxygens (including phenoxy) is 4. The first-order valence-electron chi connectivity index (χ1n) is 12.0. The molecule has 0 aliphatic rings. The van der Waals surface area contributed by atoms with Crippen molar-refractivity contribution in [3.63, 3.8) is 0 Å². The van der Waals surface area contributed by atoms with Crippen LogP contribution >= 0.6 is 35.3 Å². The molecule has 0 heterocycles. The van der Waals surface area contributed by atoms with Gasteiger partial charge in [0.2, 0.25) is 0 Å². The largest absolute Gasteiger partial charge is 0.460 e. The SMILES string of the molecule is C=CC(=O)OCC(C)(COC(=O)C=C)NC(=O)SCCSCCSC(=O)NC(C)(COC(=O)C=C)COC(=O)C=C. The zero-order valence-corrected chi connectivity index (χ0v) is 25.6. The third kappa shape index (κ3) is 18.7. The molecule has 0 atom stereocenters. The second kappa shape index (κ2) is 20.7. The third-order valence-electron chi connectivity index (χ3n) is 4.53. The van der Waals surface area contributed by atoms with Gasteiger partial charge in [0.1, 0.15) is 37.5 Å². The topological polar surface area (TPSA) is 163 Å². The molecule has 0 unspecified atom stereocenters. The van der Waals surface area contributed by atoms with Crippen LogP contribution in [0, 0.1) is 0 Å². The molecule has 15 heteroatoms. The molecular formula is C26H36N2O10S3. The van der Waals surface area contributed by atoms with Gasteiger partial charge in [0.05, 0.1) is 0 Å². The Hall–Kier alpha value is -3.17. The fourth-order valence-corrected chi connectivity index (χ4v) is 5.26. The molecular weight excluding hydrogens is 596 g/mol. The van der Waals surface area contributed by atoms with Crippen LogP contribution in [0.15, 0.2) is 50.6 Å². The Balaban J connectivity index is 4.55. The number of carbonyl (C=O) groups is 6. The van der Waals surface area contributed by atoms with Crippen molar-refractivity contribution in [1.82, 2.24) is 10.6 Å². The van der Waals surface area contributed by atoms with Gasteiger partial charge in [-0.15, -0.1) is 0 Å². The van der Waals surface area contributed by atoms with Crippen LogP contribution in [0.2, 0.25) is 0 Å². The molecule has 2 N–H and O–H groups in total. The number of thioether (sulfide) groups is 3. The maximum Gasteiger partial charge on any atom is 0.330 e. The van der Waals surface area contributed by atoms with E-state index in [1.165, 1.54) is 11.8 Å². The quantitative estimate of drug-likeness (QED) is 0.0872. The van der Waals surface area contributed by atoms with E-state index in [2.05, 4.69) is 36.9 Å². The minimum Gasteiger partial charge on any atom is -0.460 e. The zero-order valence-electron chi connectivity index (χ0n) is 23.1. The van der Waals surface area contributed by atoms with Crippen molar-refractivity contribution in [1.29, 1.82) is 0 Å². The van der Waals surface area contributed by atoms with Gasteiger partial charge in [-0.3, -0.25) is 9.59 Å². The van der Waals surface area contributed by atoms with Gasteiger partial charge in [0, 0.05) is 47.3 Å². The van der Waals surface area contributed by atoms with Crippen molar-refractivity contribution >= 4 is 69.6 Å². The Bertz CT molecular complexity index is 863. The molecule has 0 aromatic heterocycles. The number of hydrogen-bond donors (Lipinski definition) is 2. The second-order valence-electron chi connectivity index (χ2n) is 8.50. The number of nitrogens with one attached hydrogen (secondary N) is 2. The highest BCUT2D eigenvalue weighted by molar-refractivity contribution is 8.15. The van der Waals surface area contributed by atoms with E-state index in [9.17, 15) is 28.8 Å². The molecule has 0 saturated heterocycles. The van der Waals surface area contributed by atoms with Gasteiger partial charge in [0.25, 0.3) is 10.5 Å². The minimum absolute atomic E-state index is 0.241. The van der Waals surface area contributed by atoms with Crippen molar-refractivity contribution < 1.29 is 47.7 Å². The lowest BCUT2D eigenvalue weighted by Crippen LogP contribution is -2.52. The number of esters is 4. The van der Waals surface area contributed by atoms with E-state index in [1.54, 1.807) is 13.8 Å². The third-order valence-corrected chi connectivity index (χ3v) is 7.58. The standard InChI is InChI=1S/C26H36N2O10S3/c1-7-19(29)35-15-25(5,16-36-20(30)8-2)27-23(33)40-13-11-39-12-14-41-24(34)28-26(6,17-37-21(31)9-3)18-38-22(32)10-4/h7-10H,1-4,11-18H2,5-6H3,(H,27,33)(H,28,34). The van der Waals surface area contributed by atoms with Crippen molar-refractivity contribution in [2.75, 3.05) is 49.4 Å². The maximum absolute atomic E-state index is 12.4. The van der Waals surface area contributed by atoms with Gasteiger partial charge >= 0.3 is 23.9 Å². The lowest BCUT2D eigenvalue weighted by atomic mass is 10.1. The van der Waals surface area contributed by atoms with Crippen LogP contribution in [0.5, 0.6) is 0 Å². The van der Waals surface area contributed by atoms with Gasteiger partial charge in [-0.1, -0.05) is 49.8 Å². The highest BCUT2D eigenvalue weighted by Gasteiger charge is 2.31. The summed E-state index contributed by atoms with van der Waals surface area (Å²) in [4.78, 5) is 70.5. The normalized spacial score (nSPS) is 10.8. The van der Waals surface area contributed by atoms with E-state index >= 15 is 0 Å². The van der Waals surface area contributed by atoms with Crippen LogP contribution in [-0.4, -0.2) is 94.9 Å². The van der Waals surface area contributed by atoms with Crippen LogP contribution in [0.3, 0.4) is 0 Å². The van der Waals surface area contributed by atoms with Crippen LogP contribution in [0.4, 0.5) is 9.59 Å². The first kappa shape index (κ1) is 37.8. The van der Waals surface area contributed by atoms with Crippen molar-refractivity contribution in [2.24, 2.45) is 0 Å². The van der Waals surface area contributed by atoms with E-state index in [0.29, 0.717) is 23.0 Å². The second-order valence-corrected chi connectivity index (χ2v) is 11.9. The van der Waals surface area contributed by atoms with Crippen molar-refractivity contribution in [3.8, 4) is 0 Å². The van der Waals surface area contributed by atoms with Crippen LogP contribution < -0.4 is 10.6 Å². The molecule has 12 nitrogen and oxygen atoms in total. The fourth-order valence-electron chi connectivity index (χ4n) is 2.44. The molecule has 0 saturated carbocycles. The summed E-state index contributed by atoms with van der Waals surface area (Å²) in [5.74, 6) is -0.656. The average Bonchev–Trinajstić information content (AvgIpc) is 2.95. The summed E-state index contributed by atoms with van der Waals surface area (Å²) >= 11 is 3.52. The molecule has 0 fully saturated rings. The van der Waals surface area contributed by atoms with Crippen LogP contribution in [0.25, 0.3) is 0 Å². The van der Waals surface area contributed by atoms with Gasteiger partial charge in [-0.2, -0.15) is 11.8 Å². The predicted octanol–water partition coefficient (Wildman–Crippen LogP) is 3.04. The van der Waals surface area contributed by atoms with Gasteiger partial charge in [-0.05, 0) is 13.8 Å². The first-order valence-corrected chi connectivity index (χ1v) is 15.1. The lowest BCUT2D eigenvalue weighted by Gasteiger charge is -2.29. The minimum atomic E-state index is -1.17. The van der Waals surface area contributed by atoms with E-state index in [0.717, 1.165) is 47.8 Å². The van der Waals surface area contributed by atoms with E-state index < -0.39 is 45.4 Å². The van der Waals surface area contributed by atoms with Gasteiger partial charge in [0.15, 0.2) is 0 Å². The number of hydrogen-bond acceptors (Lipinski definition) is 13. The summed E-state index contributed by atoms with van der Waals surface area (Å²) in [6.07, 6.45) is 3.91. The molecule has 0 rings (SSSR count). The summed E-state index contributed by atoms with van der Waals surface area (Å²) < 4.78 is 20.0. The smallest absolute Gasteiger partial charge is 0.330 e. The van der Waals surface area contributed by atoms with Gasteiger partial charge in [-0.25, -0.2) is 19.2 Å². The van der Waals surface area contributed by atoms with Crippen LogP contribution in [-0.2, 0) is 38.1 Å². The summed E-state index contributed by atoms with van der Waals surface area (Å²) in [5, 5.41) is 4.58. The monoisotopic (exact) mass is 632 g/mol.